The number of aromatic amines is 1. The van der Waals surface area contributed by atoms with E-state index in [9.17, 15) is 14.7 Å². The monoisotopic (exact) mass is 598 g/mol. The molecule has 0 bridgehead atoms. The van der Waals surface area contributed by atoms with Crippen LogP contribution in [0.2, 0.25) is 0 Å². The van der Waals surface area contributed by atoms with Crippen LogP contribution in [0.1, 0.15) is 91.5 Å². The number of fused-ring (bicyclic) bond motifs is 1. The lowest BCUT2D eigenvalue weighted by Gasteiger charge is -2.37. The highest BCUT2D eigenvalue weighted by atomic mass is 16.5. The molecular formula is C35H58N4O4. The number of H-pyrrole nitrogens is 1. The fourth-order valence-corrected chi connectivity index (χ4v) is 6.26. The van der Waals surface area contributed by atoms with Crippen LogP contribution < -0.4 is 16.4 Å². The van der Waals surface area contributed by atoms with Crippen LogP contribution in [0.4, 0.5) is 0 Å². The topological polar surface area (TPSA) is 129 Å². The summed E-state index contributed by atoms with van der Waals surface area (Å²) < 4.78 is 5.42. The second-order valence-corrected chi connectivity index (χ2v) is 13.9. The van der Waals surface area contributed by atoms with Gasteiger partial charge in [-0.2, -0.15) is 0 Å². The molecule has 1 unspecified atom stereocenters. The standard InChI is InChI=1S/C35H58N4O4/c1-21(2)28(27(9-8-16-43-7)26-13-12-25-14-15-37-30(25)17-26)18-31(39-35(42)33(36)23(5)6)32(40)19-29(22(3)4)34(41)38-20-24-10-11-24/h12-15,17,21-24,27-29,31-33,37,40H,8-11,16,18-20,36H2,1-7H3,(H,38,41)(H,39,42)/t27?,28-,29-,31-,32-,33-/m0/s1. The number of amides is 2. The number of aliphatic hydroxyl groups is 1. The van der Waals surface area contributed by atoms with Gasteiger partial charge in [0, 0.05) is 37.9 Å². The maximum atomic E-state index is 13.3. The van der Waals surface area contributed by atoms with Gasteiger partial charge in [-0.3, -0.25) is 9.59 Å². The molecule has 6 N–H and O–H groups in total. The predicted molar refractivity (Wildman–Crippen MR) is 175 cm³/mol. The molecule has 43 heavy (non-hydrogen) atoms. The number of aromatic nitrogens is 1. The third-order valence-corrected chi connectivity index (χ3v) is 9.48. The predicted octanol–water partition coefficient (Wildman–Crippen LogP) is 5.36. The number of carbonyl (C=O) groups excluding carboxylic acids is 2. The van der Waals surface area contributed by atoms with Gasteiger partial charge >= 0.3 is 0 Å². The molecule has 1 saturated carbocycles. The van der Waals surface area contributed by atoms with Gasteiger partial charge in [0.05, 0.1) is 18.2 Å². The minimum atomic E-state index is -0.894. The Morgan fingerprint density at radius 1 is 1.02 bits per heavy atom. The van der Waals surface area contributed by atoms with Crippen LogP contribution >= 0.6 is 0 Å². The maximum Gasteiger partial charge on any atom is 0.237 e. The molecule has 6 atom stereocenters. The van der Waals surface area contributed by atoms with Crippen molar-refractivity contribution in [1.82, 2.24) is 15.6 Å². The Hall–Kier alpha value is -2.42. The van der Waals surface area contributed by atoms with Gasteiger partial charge in [-0.15, -0.1) is 0 Å². The molecule has 0 spiro atoms. The summed E-state index contributed by atoms with van der Waals surface area (Å²) in [5.41, 5.74) is 8.61. The molecule has 1 heterocycles. The van der Waals surface area contributed by atoms with E-state index < -0.39 is 18.2 Å². The van der Waals surface area contributed by atoms with Crippen molar-refractivity contribution < 1.29 is 19.4 Å². The molecular weight excluding hydrogens is 540 g/mol. The summed E-state index contributed by atoms with van der Waals surface area (Å²) in [4.78, 5) is 29.9. The largest absolute Gasteiger partial charge is 0.391 e. The Bertz CT molecular complexity index is 1140. The van der Waals surface area contributed by atoms with E-state index in [4.69, 9.17) is 10.5 Å². The summed E-state index contributed by atoms with van der Waals surface area (Å²) in [5.74, 6) is 0.599. The van der Waals surface area contributed by atoms with E-state index >= 15 is 0 Å². The van der Waals surface area contributed by atoms with E-state index in [0.717, 1.165) is 18.4 Å². The fraction of sp³-hybridized carbons (Fsp3) is 0.714. The smallest absolute Gasteiger partial charge is 0.237 e. The number of methoxy groups -OCH3 is 1. The molecule has 0 saturated heterocycles. The number of benzene rings is 1. The van der Waals surface area contributed by atoms with Gasteiger partial charge in [-0.05, 0) is 97.1 Å². The lowest BCUT2D eigenvalue weighted by molar-refractivity contribution is -0.128. The van der Waals surface area contributed by atoms with Crippen molar-refractivity contribution in [1.29, 1.82) is 0 Å². The number of hydrogen-bond donors (Lipinski definition) is 5. The number of ether oxygens (including phenoxy) is 1. The van der Waals surface area contributed by atoms with Gasteiger partial charge in [0.25, 0.3) is 0 Å². The molecule has 1 aliphatic carbocycles. The van der Waals surface area contributed by atoms with Crippen LogP contribution in [0.25, 0.3) is 10.9 Å². The van der Waals surface area contributed by atoms with Crippen molar-refractivity contribution in [2.24, 2.45) is 41.2 Å². The van der Waals surface area contributed by atoms with Crippen molar-refractivity contribution in [3.8, 4) is 0 Å². The van der Waals surface area contributed by atoms with Crippen LogP contribution in [0.15, 0.2) is 30.5 Å². The summed E-state index contributed by atoms with van der Waals surface area (Å²) in [7, 11) is 1.73. The van der Waals surface area contributed by atoms with E-state index in [1.165, 1.54) is 23.8 Å². The van der Waals surface area contributed by atoms with E-state index in [1.54, 1.807) is 7.11 Å². The van der Waals surface area contributed by atoms with Gasteiger partial charge in [0.2, 0.25) is 11.8 Å². The average molecular weight is 599 g/mol. The summed E-state index contributed by atoms with van der Waals surface area (Å²) in [6, 6.07) is 7.46. The summed E-state index contributed by atoms with van der Waals surface area (Å²) in [6.07, 6.45) is 6.07. The lowest BCUT2D eigenvalue weighted by atomic mass is 9.72. The molecule has 1 aromatic carbocycles. The zero-order valence-corrected chi connectivity index (χ0v) is 27.6. The van der Waals surface area contributed by atoms with Crippen molar-refractivity contribution >= 4 is 22.7 Å². The van der Waals surface area contributed by atoms with Crippen LogP contribution in [0, 0.1) is 35.5 Å². The van der Waals surface area contributed by atoms with Gasteiger partial charge in [0.1, 0.15) is 0 Å². The molecule has 3 rings (SSSR count). The summed E-state index contributed by atoms with van der Waals surface area (Å²) >= 11 is 0. The molecule has 1 aliphatic rings. The highest BCUT2D eigenvalue weighted by Crippen LogP contribution is 2.39. The third-order valence-electron chi connectivity index (χ3n) is 9.48. The molecule has 0 aliphatic heterocycles. The van der Waals surface area contributed by atoms with Crippen LogP contribution in [0.3, 0.4) is 0 Å². The van der Waals surface area contributed by atoms with Gasteiger partial charge in [-0.25, -0.2) is 0 Å². The van der Waals surface area contributed by atoms with Crippen molar-refractivity contribution in [3.05, 3.63) is 36.0 Å². The highest BCUT2D eigenvalue weighted by molar-refractivity contribution is 5.82. The summed E-state index contributed by atoms with van der Waals surface area (Å²) in [6.45, 7) is 13.7. The van der Waals surface area contributed by atoms with Gasteiger partial charge in [0.15, 0.2) is 0 Å². The second-order valence-electron chi connectivity index (χ2n) is 13.9. The van der Waals surface area contributed by atoms with Crippen molar-refractivity contribution in [2.45, 2.75) is 104 Å². The normalized spacial score (nSPS) is 18.0. The van der Waals surface area contributed by atoms with Crippen molar-refractivity contribution in [3.63, 3.8) is 0 Å². The molecule has 1 aromatic heterocycles. The Morgan fingerprint density at radius 2 is 1.74 bits per heavy atom. The second kappa shape index (κ2) is 16.6. The van der Waals surface area contributed by atoms with Crippen LogP contribution in [-0.4, -0.2) is 60.4 Å². The van der Waals surface area contributed by atoms with Crippen molar-refractivity contribution in [2.75, 3.05) is 20.3 Å². The summed E-state index contributed by atoms with van der Waals surface area (Å²) in [5, 5.41) is 19.2. The van der Waals surface area contributed by atoms with Crippen LogP contribution in [-0.2, 0) is 14.3 Å². The Balaban J connectivity index is 1.90. The van der Waals surface area contributed by atoms with E-state index in [2.05, 4.69) is 53.7 Å². The number of nitrogens with two attached hydrogens (primary N) is 1. The fourth-order valence-electron chi connectivity index (χ4n) is 6.26. The lowest BCUT2D eigenvalue weighted by Crippen LogP contribution is -2.53. The molecule has 2 aromatic rings. The first kappa shape index (κ1) is 35.1. The molecule has 2 amide bonds. The average Bonchev–Trinajstić information content (AvgIpc) is 3.68. The van der Waals surface area contributed by atoms with E-state index in [-0.39, 0.29) is 53.7 Å². The molecule has 8 nitrogen and oxygen atoms in total. The first-order valence-corrected chi connectivity index (χ1v) is 16.5. The Kier molecular flexibility index (Phi) is 13.5. The maximum absolute atomic E-state index is 13.3. The highest BCUT2D eigenvalue weighted by Gasteiger charge is 2.36. The quantitative estimate of drug-likeness (QED) is 0.139. The van der Waals surface area contributed by atoms with Gasteiger partial charge < -0.3 is 31.2 Å². The van der Waals surface area contributed by atoms with E-state index in [1.807, 2.05) is 33.9 Å². The molecule has 242 valence electrons. The first-order valence-electron chi connectivity index (χ1n) is 16.5. The molecule has 8 heteroatoms. The number of carbonyl (C=O) groups is 2. The zero-order chi connectivity index (χ0) is 31.7. The minimum Gasteiger partial charge on any atom is -0.391 e. The van der Waals surface area contributed by atoms with Gasteiger partial charge in [-0.1, -0.05) is 53.7 Å². The first-order chi connectivity index (χ1) is 20.4. The SMILES string of the molecule is COCCCC(c1ccc2cc[nH]c2c1)[C@@H](C[C@H](NC(=O)[C@@H](N)C(C)C)[C@@H](O)C[C@H](C(=O)NCC1CC1)C(C)C)C(C)C. The third kappa shape index (κ3) is 10.3. The number of aliphatic hydroxyl groups excluding tert-OH is 1. The number of nitrogens with one attached hydrogen (secondary N) is 3. The molecule has 1 fully saturated rings. The minimum absolute atomic E-state index is 0.0120. The Morgan fingerprint density at radius 3 is 2.35 bits per heavy atom. The number of hydrogen-bond acceptors (Lipinski definition) is 5. The van der Waals surface area contributed by atoms with E-state index in [0.29, 0.717) is 25.5 Å². The Labute approximate surface area is 259 Å². The number of rotatable bonds is 19. The molecule has 0 radical (unpaired) electrons. The zero-order valence-electron chi connectivity index (χ0n) is 27.6. The van der Waals surface area contributed by atoms with Crippen LogP contribution in [0.5, 0.6) is 0 Å².